The first kappa shape index (κ1) is 15.5. The highest BCUT2D eigenvalue weighted by atomic mass is 16.6. The lowest BCUT2D eigenvalue weighted by atomic mass is 10.2. The number of carbonyl (C=O) groups is 1. The Morgan fingerprint density at radius 3 is 2.84 bits per heavy atom. The number of imidazole rings is 1. The van der Waals surface area contributed by atoms with Gasteiger partial charge < -0.3 is 24.5 Å². The van der Waals surface area contributed by atoms with Gasteiger partial charge in [0.1, 0.15) is 25.6 Å². The van der Waals surface area contributed by atoms with E-state index >= 15 is 0 Å². The number of methoxy groups -OCH3 is 1. The largest absolute Gasteiger partial charge is 0.486 e. The van der Waals surface area contributed by atoms with E-state index < -0.39 is 0 Å². The van der Waals surface area contributed by atoms with Crippen molar-refractivity contribution in [2.45, 2.75) is 0 Å². The second-order valence-corrected chi connectivity index (χ2v) is 5.66. The molecular formula is C18H17N3O4. The molecule has 7 heteroatoms. The van der Waals surface area contributed by atoms with Gasteiger partial charge in [-0.3, -0.25) is 4.79 Å². The van der Waals surface area contributed by atoms with E-state index in [2.05, 4.69) is 15.3 Å². The molecule has 0 saturated heterocycles. The molecule has 0 fully saturated rings. The first-order chi connectivity index (χ1) is 12.2. The van der Waals surface area contributed by atoms with Crippen LogP contribution in [-0.2, 0) is 9.53 Å². The van der Waals surface area contributed by atoms with Crippen LogP contribution in [0.5, 0.6) is 11.5 Å². The van der Waals surface area contributed by atoms with Crippen LogP contribution >= 0.6 is 0 Å². The van der Waals surface area contributed by atoms with E-state index in [1.54, 1.807) is 0 Å². The molecule has 0 spiro atoms. The van der Waals surface area contributed by atoms with Crippen LogP contribution < -0.4 is 14.8 Å². The average molecular weight is 339 g/mol. The molecule has 3 aromatic rings. The van der Waals surface area contributed by atoms with Gasteiger partial charge in [-0.15, -0.1) is 0 Å². The SMILES string of the molecule is COCC(=O)Nc1cccc(-c2nc3cc4c(cc3[nH]2)OCCO4)c1. The minimum absolute atomic E-state index is 0.0143. The molecule has 7 nitrogen and oxygen atoms in total. The van der Waals surface area contributed by atoms with Gasteiger partial charge in [0.2, 0.25) is 5.91 Å². The summed E-state index contributed by atoms with van der Waals surface area (Å²) in [6, 6.07) is 11.2. The molecule has 0 bridgehead atoms. The zero-order valence-corrected chi connectivity index (χ0v) is 13.7. The molecule has 0 radical (unpaired) electrons. The van der Waals surface area contributed by atoms with Gasteiger partial charge in [0.05, 0.1) is 11.0 Å². The first-order valence-corrected chi connectivity index (χ1v) is 7.91. The third-order valence-corrected chi connectivity index (χ3v) is 3.84. The van der Waals surface area contributed by atoms with Gasteiger partial charge in [0.25, 0.3) is 0 Å². The van der Waals surface area contributed by atoms with Crippen LogP contribution in [0.2, 0.25) is 0 Å². The summed E-state index contributed by atoms with van der Waals surface area (Å²) in [6.45, 7) is 1.10. The zero-order valence-electron chi connectivity index (χ0n) is 13.7. The van der Waals surface area contributed by atoms with Crippen molar-refractivity contribution in [2.24, 2.45) is 0 Å². The molecule has 0 saturated carbocycles. The van der Waals surface area contributed by atoms with E-state index in [4.69, 9.17) is 14.2 Å². The molecule has 2 N–H and O–H groups in total. The number of amides is 1. The molecule has 1 aliphatic heterocycles. The van der Waals surface area contributed by atoms with Crippen LogP contribution in [0.15, 0.2) is 36.4 Å². The van der Waals surface area contributed by atoms with E-state index in [1.165, 1.54) is 7.11 Å². The van der Waals surface area contributed by atoms with Crippen molar-refractivity contribution in [3.05, 3.63) is 36.4 Å². The first-order valence-electron chi connectivity index (χ1n) is 7.91. The zero-order chi connectivity index (χ0) is 17.2. The van der Waals surface area contributed by atoms with Crippen LogP contribution in [0.1, 0.15) is 0 Å². The Labute approximate surface area is 143 Å². The Morgan fingerprint density at radius 1 is 1.24 bits per heavy atom. The number of aromatic nitrogens is 2. The summed E-state index contributed by atoms with van der Waals surface area (Å²) >= 11 is 0. The lowest BCUT2D eigenvalue weighted by Gasteiger charge is -2.17. The predicted molar refractivity (Wildman–Crippen MR) is 93.0 cm³/mol. The standard InChI is InChI=1S/C18H17N3O4/c1-23-10-17(22)19-12-4-2-3-11(7-12)18-20-13-8-15-16(9-14(13)21-18)25-6-5-24-15/h2-4,7-9H,5-6,10H2,1H3,(H,19,22)(H,20,21). The molecule has 1 aliphatic rings. The molecule has 25 heavy (non-hydrogen) atoms. The molecule has 4 rings (SSSR count). The monoisotopic (exact) mass is 339 g/mol. The third kappa shape index (κ3) is 3.14. The van der Waals surface area contributed by atoms with Crippen molar-refractivity contribution < 1.29 is 19.0 Å². The van der Waals surface area contributed by atoms with E-state index in [0.717, 1.165) is 22.3 Å². The number of anilines is 1. The summed E-state index contributed by atoms with van der Waals surface area (Å²) < 4.78 is 16.0. The summed E-state index contributed by atoms with van der Waals surface area (Å²) in [5, 5.41) is 2.79. The second-order valence-electron chi connectivity index (χ2n) is 5.66. The van der Waals surface area contributed by atoms with E-state index in [0.29, 0.717) is 30.5 Å². The molecule has 128 valence electrons. The van der Waals surface area contributed by atoms with Gasteiger partial charge >= 0.3 is 0 Å². The lowest BCUT2D eigenvalue weighted by molar-refractivity contribution is -0.119. The fraction of sp³-hybridized carbons (Fsp3) is 0.222. The normalized spacial score (nSPS) is 13.0. The summed E-state index contributed by atoms with van der Waals surface area (Å²) in [5.41, 5.74) is 3.22. The number of nitrogens with one attached hydrogen (secondary N) is 2. The average Bonchev–Trinajstić information content (AvgIpc) is 3.03. The number of hydrogen-bond donors (Lipinski definition) is 2. The molecule has 0 unspecified atom stereocenters. The maximum absolute atomic E-state index is 11.7. The summed E-state index contributed by atoms with van der Waals surface area (Å²) in [5.74, 6) is 1.93. The van der Waals surface area contributed by atoms with Gasteiger partial charge in [-0.25, -0.2) is 4.98 Å². The predicted octanol–water partition coefficient (Wildman–Crippen LogP) is 2.59. The molecule has 0 aliphatic carbocycles. The number of aromatic amines is 1. The molecule has 2 heterocycles. The van der Waals surface area contributed by atoms with Crippen LogP contribution in [0.25, 0.3) is 22.4 Å². The van der Waals surface area contributed by atoms with Crippen LogP contribution in [-0.4, -0.2) is 42.8 Å². The van der Waals surface area contributed by atoms with E-state index in [1.807, 2.05) is 36.4 Å². The van der Waals surface area contributed by atoms with Crippen LogP contribution in [0.4, 0.5) is 5.69 Å². The molecule has 2 aromatic carbocycles. The van der Waals surface area contributed by atoms with E-state index in [9.17, 15) is 4.79 Å². The lowest BCUT2D eigenvalue weighted by Crippen LogP contribution is -2.16. The third-order valence-electron chi connectivity index (χ3n) is 3.84. The number of benzene rings is 2. The van der Waals surface area contributed by atoms with Crippen molar-refractivity contribution in [3.8, 4) is 22.9 Å². The quantitative estimate of drug-likeness (QED) is 0.763. The van der Waals surface area contributed by atoms with Gasteiger partial charge in [-0.05, 0) is 12.1 Å². The number of rotatable bonds is 4. The number of H-pyrrole nitrogens is 1. The van der Waals surface area contributed by atoms with Crippen molar-refractivity contribution in [1.82, 2.24) is 9.97 Å². The van der Waals surface area contributed by atoms with Gasteiger partial charge in [0, 0.05) is 30.5 Å². The minimum Gasteiger partial charge on any atom is -0.486 e. The highest BCUT2D eigenvalue weighted by molar-refractivity contribution is 5.92. The fourth-order valence-corrected chi connectivity index (χ4v) is 2.76. The molecular weight excluding hydrogens is 322 g/mol. The second kappa shape index (κ2) is 6.45. The maximum Gasteiger partial charge on any atom is 0.250 e. The summed E-state index contributed by atoms with van der Waals surface area (Å²) in [7, 11) is 1.48. The van der Waals surface area contributed by atoms with Gasteiger partial charge in [-0.2, -0.15) is 0 Å². The highest BCUT2D eigenvalue weighted by Gasteiger charge is 2.15. The molecule has 1 amide bonds. The number of fused-ring (bicyclic) bond motifs is 2. The Hall–Kier alpha value is -3.06. The van der Waals surface area contributed by atoms with E-state index in [-0.39, 0.29) is 12.5 Å². The molecule has 1 aromatic heterocycles. The van der Waals surface area contributed by atoms with Crippen molar-refractivity contribution in [3.63, 3.8) is 0 Å². The van der Waals surface area contributed by atoms with Crippen LogP contribution in [0, 0.1) is 0 Å². The van der Waals surface area contributed by atoms with Crippen molar-refractivity contribution in [2.75, 3.05) is 32.2 Å². The summed E-state index contributed by atoms with van der Waals surface area (Å²) in [4.78, 5) is 19.6. The Morgan fingerprint density at radius 2 is 2.04 bits per heavy atom. The Balaban J connectivity index is 1.66. The highest BCUT2D eigenvalue weighted by Crippen LogP contribution is 2.34. The Kier molecular flexibility index (Phi) is 3.99. The van der Waals surface area contributed by atoms with Gasteiger partial charge in [0.15, 0.2) is 11.5 Å². The Bertz CT molecular complexity index is 892. The molecule has 0 atom stereocenters. The van der Waals surface area contributed by atoms with Crippen molar-refractivity contribution in [1.29, 1.82) is 0 Å². The topological polar surface area (TPSA) is 85.5 Å². The number of carbonyl (C=O) groups excluding carboxylic acids is 1. The minimum atomic E-state index is -0.203. The number of hydrogen-bond acceptors (Lipinski definition) is 5. The van der Waals surface area contributed by atoms with Gasteiger partial charge in [-0.1, -0.05) is 12.1 Å². The number of nitrogens with zero attached hydrogens (tertiary/aromatic N) is 1. The van der Waals surface area contributed by atoms with Crippen LogP contribution in [0.3, 0.4) is 0 Å². The maximum atomic E-state index is 11.7. The number of ether oxygens (including phenoxy) is 3. The van der Waals surface area contributed by atoms with Crippen molar-refractivity contribution >= 4 is 22.6 Å². The fourth-order valence-electron chi connectivity index (χ4n) is 2.76. The summed E-state index contributed by atoms with van der Waals surface area (Å²) in [6.07, 6.45) is 0. The smallest absolute Gasteiger partial charge is 0.250 e.